The predicted octanol–water partition coefficient (Wildman–Crippen LogP) is 5.89. The number of hydrogen-bond donors (Lipinski definition) is 0. The van der Waals surface area contributed by atoms with E-state index in [4.69, 9.17) is 0 Å². The zero-order valence-electron chi connectivity index (χ0n) is 17.5. The van der Waals surface area contributed by atoms with Crippen LogP contribution in [0.4, 0.5) is 0 Å². The topological polar surface area (TPSA) is 34.9 Å². The molecule has 6 rings (SSSR count). The lowest BCUT2D eigenvalue weighted by molar-refractivity contribution is -0.121. The number of carbonyl (C=O) groups is 1. The molecule has 1 unspecified atom stereocenters. The molecule has 1 aromatic heterocycles. The molecule has 0 spiro atoms. The average Bonchev–Trinajstić information content (AvgIpc) is 3.31. The van der Waals surface area contributed by atoms with E-state index >= 15 is 0 Å². The van der Waals surface area contributed by atoms with Crippen molar-refractivity contribution in [2.75, 3.05) is 0 Å². The zero-order valence-corrected chi connectivity index (χ0v) is 17.5. The SMILES string of the molecule is C[C@@]12C=CC[C@H]1[C@@H]1CCC3=CC(=O)C(n4cnc5ccccc54)C[C@]3(C)[C@H]1CC2. The maximum absolute atomic E-state index is 13.2. The van der Waals surface area contributed by atoms with Crippen LogP contribution in [0.2, 0.25) is 0 Å². The first-order valence-electron chi connectivity index (χ1n) is 11.3. The number of hydrogen-bond acceptors (Lipinski definition) is 2. The molecule has 3 heteroatoms. The van der Waals surface area contributed by atoms with Crippen molar-refractivity contribution in [2.24, 2.45) is 28.6 Å². The van der Waals surface area contributed by atoms with E-state index < -0.39 is 0 Å². The molecule has 1 aromatic carbocycles. The Morgan fingerprint density at radius 3 is 2.90 bits per heavy atom. The monoisotopic (exact) mass is 386 g/mol. The summed E-state index contributed by atoms with van der Waals surface area (Å²) in [4.78, 5) is 17.8. The van der Waals surface area contributed by atoms with Crippen LogP contribution >= 0.6 is 0 Å². The highest BCUT2D eigenvalue weighted by Gasteiger charge is 2.56. The second kappa shape index (κ2) is 5.93. The van der Waals surface area contributed by atoms with Gasteiger partial charge >= 0.3 is 0 Å². The molecule has 2 aromatic rings. The molecule has 0 N–H and O–H groups in total. The van der Waals surface area contributed by atoms with E-state index in [2.05, 4.69) is 41.6 Å². The molecule has 0 radical (unpaired) electrons. The molecule has 0 amide bonds. The largest absolute Gasteiger partial charge is 0.320 e. The van der Waals surface area contributed by atoms with Gasteiger partial charge in [0.05, 0.1) is 23.4 Å². The highest BCUT2D eigenvalue weighted by Crippen LogP contribution is 2.64. The van der Waals surface area contributed by atoms with Gasteiger partial charge in [0.25, 0.3) is 0 Å². The number of para-hydroxylation sites is 2. The summed E-state index contributed by atoms with van der Waals surface area (Å²) in [6.45, 7) is 4.95. The third kappa shape index (κ3) is 2.36. The van der Waals surface area contributed by atoms with Gasteiger partial charge in [-0.1, -0.05) is 43.7 Å². The standard InChI is InChI=1S/C26H30N2O/c1-25-12-5-6-19(25)18-10-9-17-14-24(29)23(15-26(17,2)20(18)11-13-25)28-16-27-21-7-3-4-8-22(21)28/h3-5,7-8,12,14,16,18-20,23H,6,9-11,13,15H2,1-2H3/t18-,19-,20-,23?,25-,26-/m0/s1. The lowest BCUT2D eigenvalue weighted by atomic mass is 9.47. The highest BCUT2D eigenvalue weighted by molar-refractivity contribution is 5.96. The Labute approximate surface area is 172 Å². The van der Waals surface area contributed by atoms with E-state index in [1.54, 1.807) is 0 Å². The van der Waals surface area contributed by atoms with Gasteiger partial charge in [0.1, 0.15) is 0 Å². The quantitative estimate of drug-likeness (QED) is 0.573. The molecule has 150 valence electrons. The van der Waals surface area contributed by atoms with Crippen LogP contribution in [-0.4, -0.2) is 15.3 Å². The third-order valence-corrected chi connectivity index (χ3v) is 9.14. The summed E-state index contributed by atoms with van der Waals surface area (Å²) in [6, 6.07) is 8.07. The van der Waals surface area contributed by atoms with Crippen molar-refractivity contribution in [3.05, 3.63) is 54.4 Å². The first-order valence-corrected chi connectivity index (χ1v) is 11.3. The van der Waals surface area contributed by atoms with E-state index in [1.807, 2.05) is 30.6 Å². The zero-order chi connectivity index (χ0) is 19.8. The minimum atomic E-state index is -0.120. The summed E-state index contributed by atoms with van der Waals surface area (Å²) in [5, 5.41) is 0. The van der Waals surface area contributed by atoms with E-state index in [0.717, 1.165) is 35.7 Å². The van der Waals surface area contributed by atoms with Crippen molar-refractivity contribution in [1.29, 1.82) is 0 Å². The summed E-state index contributed by atoms with van der Waals surface area (Å²) in [6.07, 6.45) is 16.0. The van der Waals surface area contributed by atoms with Crippen LogP contribution in [0.3, 0.4) is 0 Å². The Kier molecular flexibility index (Phi) is 3.62. The van der Waals surface area contributed by atoms with E-state index in [1.165, 1.54) is 31.3 Å². The molecular weight excluding hydrogens is 356 g/mol. The third-order valence-electron chi connectivity index (χ3n) is 9.14. The molecule has 0 bridgehead atoms. The Bertz CT molecular complexity index is 1060. The van der Waals surface area contributed by atoms with Crippen LogP contribution in [0.25, 0.3) is 11.0 Å². The van der Waals surface area contributed by atoms with Crippen LogP contribution < -0.4 is 0 Å². The van der Waals surface area contributed by atoms with Gasteiger partial charge in [-0.05, 0) is 85.3 Å². The first-order chi connectivity index (χ1) is 14.0. The van der Waals surface area contributed by atoms with Gasteiger partial charge in [-0.25, -0.2) is 4.98 Å². The summed E-state index contributed by atoms with van der Waals surface area (Å²) in [5.41, 5.74) is 4.03. The van der Waals surface area contributed by atoms with Gasteiger partial charge in [-0.15, -0.1) is 0 Å². The number of benzene rings is 1. The smallest absolute Gasteiger partial charge is 0.178 e. The fourth-order valence-corrected chi connectivity index (χ4v) is 7.56. The van der Waals surface area contributed by atoms with Gasteiger partial charge in [-0.3, -0.25) is 4.79 Å². The van der Waals surface area contributed by atoms with Crippen LogP contribution in [0, 0.1) is 28.6 Å². The minimum absolute atomic E-state index is 0.120. The van der Waals surface area contributed by atoms with Crippen molar-refractivity contribution >= 4 is 16.8 Å². The van der Waals surface area contributed by atoms with Gasteiger partial charge < -0.3 is 4.57 Å². The first kappa shape index (κ1) is 17.7. The molecule has 4 aliphatic rings. The fraction of sp³-hybridized carbons (Fsp3) is 0.538. The molecule has 0 saturated heterocycles. The van der Waals surface area contributed by atoms with Crippen LogP contribution in [0.15, 0.2) is 54.4 Å². The van der Waals surface area contributed by atoms with Crippen molar-refractivity contribution in [2.45, 2.75) is 58.4 Å². The number of fused-ring (bicyclic) bond motifs is 6. The number of allylic oxidation sites excluding steroid dienone is 4. The maximum atomic E-state index is 13.2. The van der Waals surface area contributed by atoms with Crippen molar-refractivity contribution in [3.8, 4) is 0 Å². The maximum Gasteiger partial charge on any atom is 0.178 e. The lowest BCUT2D eigenvalue weighted by Gasteiger charge is -2.58. The lowest BCUT2D eigenvalue weighted by Crippen LogP contribution is -2.50. The molecule has 4 aliphatic carbocycles. The Hall–Kier alpha value is -2.16. The molecule has 2 fully saturated rings. The van der Waals surface area contributed by atoms with Crippen molar-refractivity contribution in [3.63, 3.8) is 0 Å². The Morgan fingerprint density at radius 2 is 2.00 bits per heavy atom. The van der Waals surface area contributed by atoms with Gasteiger partial charge in [-0.2, -0.15) is 0 Å². The van der Waals surface area contributed by atoms with Crippen molar-refractivity contribution in [1.82, 2.24) is 9.55 Å². The Balaban J connectivity index is 1.40. The van der Waals surface area contributed by atoms with Gasteiger partial charge in [0.2, 0.25) is 0 Å². The highest BCUT2D eigenvalue weighted by atomic mass is 16.1. The molecule has 1 heterocycles. The number of carbonyl (C=O) groups excluding carboxylic acids is 1. The van der Waals surface area contributed by atoms with E-state index in [0.29, 0.717) is 11.3 Å². The number of ketones is 1. The molecule has 3 nitrogen and oxygen atoms in total. The number of nitrogens with zero attached hydrogens (tertiary/aromatic N) is 2. The number of rotatable bonds is 1. The summed E-state index contributed by atoms with van der Waals surface area (Å²) in [5.74, 6) is 2.55. The Morgan fingerprint density at radius 1 is 1.14 bits per heavy atom. The molecule has 2 saturated carbocycles. The van der Waals surface area contributed by atoms with Crippen LogP contribution in [-0.2, 0) is 4.79 Å². The van der Waals surface area contributed by atoms with E-state index in [9.17, 15) is 4.79 Å². The van der Waals surface area contributed by atoms with Crippen LogP contribution in [0.5, 0.6) is 0 Å². The summed E-state index contributed by atoms with van der Waals surface area (Å²) < 4.78 is 2.14. The van der Waals surface area contributed by atoms with E-state index in [-0.39, 0.29) is 17.2 Å². The van der Waals surface area contributed by atoms with Crippen molar-refractivity contribution < 1.29 is 4.79 Å². The van der Waals surface area contributed by atoms with Gasteiger partial charge in [0.15, 0.2) is 5.78 Å². The number of imidazole rings is 1. The second-order valence-corrected chi connectivity index (χ2v) is 10.4. The number of aromatic nitrogens is 2. The normalized spacial score (nSPS) is 41.0. The van der Waals surface area contributed by atoms with Crippen LogP contribution in [0.1, 0.15) is 58.4 Å². The second-order valence-electron chi connectivity index (χ2n) is 10.4. The summed E-state index contributed by atoms with van der Waals surface area (Å²) in [7, 11) is 0. The minimum Gasteiger partial charge on any atom is -0.320 e. The average molecular weight is 387 g/mol. The molecule has 29 heavy (non-hydrogen) atoms. The van der Waals surface area contributed by atoms with Gasteiger partial charge in [0, 0.05) is 0 Å². The molecule has 0 aliphatic heterocycles. The predicted molar refractivity (Wildman–Crippen MR) is 115 cm³/mol. The fourth-order valence-electron chi connectivity index (χ4n) is 7.56. The molecular formula is C26H30N2O. The summed E-state index contributed by atoms with van der Waals surface area (Å²) >= 11 is 0. The molecule has 6 atom stereocenters.